The molecule has 1 aliphatic carbocycles. The minimum Gasteiger partial charge on any atom is -0.383 e. The Morgan fingerprint density at radius 2 is 1.84 bits per heavy atom. The average molecular weight is 270 g/mol. The van der Waals surface area contributed by atoms with Gasteiger partial charge in [-0.05, 0) is 19.3 Å². The number of rotatable bonds is 9. The van der Waals surface area contributed by atoms with Crippen molar-refractivity contribution in [2.75, 3.05) is 33.4 Å². The van der Waals surface area contributed by atoms with E-state index in [1.807, 2.05) is 4.90 Å². The summed E-state index contributed by atoms with van der Waals surface area (Å²) in [6.07, 6.45) is 2.62. The van der Waals surface area contributed by atoms with Gasteiger partial charge in [0.2, 0.25) is 11.8 Å². The zero-order chi connectivity index (χ0) is 14.3. The molecule has 0 saturated heterocycles. The molecule has 0 spiro atoms. The summed E-state index contributed by atoms with van der Waals surface area (Å²) >= 11 is 0. The lowest BCUT2D eigenvalue weighted by Crippen LogP contribution is -2.36. The molecule has 0 heterocycles. The van der Waals surface area contributed by atoms with Crippen molar-refractivity contribution < 1.29 is 14.3 Å². The minimum atomic E-state index is -0.124. The third-order valence-electron chi connectivity index (χ3n) is 3.35. The average Bonchev–Trinajstić information content (AvgIpc) is 3.18. The number of nitrogens with one attached hydrogen (secondary N) is 1. The second kappa shape index (κ2) is 8.15. The molecule has 0 bridgehead atoms. The molecule has 5 heteroatoms. The third-order valence-corrected chi connectivity index (χ3v) is 3.35. The van der Waals surface area contributed by atoms with E-state index in [0.29, 0.717) is 19.6 Å². The molecule has 2 amide bonds. The first-order chi connectivity index (χ1) is 9.15. The summed E-state index contributed by atoms with van der Waals surface area (Å²) in [6.45, 7) is 6.74. The number of hydrogen-bond donors (Lipinski definition) is 1. The van der Waals surface area contributed by atoms with Crippen LogP contribution in [-0.4, -0.2) is 50.1 Å². The van der Waals surface area contributed by atoms with Gasteiger partial charge >= 0.3 is 0 Å². The molecule has 0 aliphatic heterocycles. The predicted octanol–water partition coefficient (Wildman–Crippen LogP) is 1.03. The molecular formula is C14H26N2O3. The Kier molecular flexibility index (Phi) is 6.84. The topological polar surface area (TPSA) is 58.6 Å². The van der Waals surface area contributed by atoms with Gasteiger partial charge in [-0.3, -0.25) is 9.59 Å². The van der Waals surface area contributed by atoms with Gasteiger partial charge in [-0.1, -0.05) is 13.8 Å². The van der Waals surface area contributed by atoms with E-state index >= 15 is 0 Å². The molecule has 2 unspecified atom stereocenters. The molecule has 1 rings (SSSR count). The second-order valence-corrected chi connectivity index (χ2v) is 5.06. The first-order valence-corrected chi connectivity index (χ1v) is 7.21. The number of hydrogen-bond acceptors (Lipinski definition) is 3. The van der Waals surface area contributed by atoms with Crippen LogP contribution in [0.2, 0.25) is 0 Å². The van der Waals surface area contributed by atoms with Crippen LogP contribution in [-0.2, 0) is 14.3 Å². The molecule has 19 heavy (non-hydrogen) atoms. The van der Waals surface area contributed by atoms with Crippen LogP contribution in [0.1, 0.15) is 33.1 Å². The fourth-order valence-electron chi connectivity index (χ4n) is 2.27. The molecule has 0 aromatic rings. The monoisotopic (exact) mass is 270 g/mol. The Morgan fingerprint density at radius 3 is 2.37 bits per heavy atom. The second-order valence-electron chi connectivity index (χ2n) is 5.06. The Bertz CT molecular complexity index is 301. The normalized spacial score (nSPS) is 21.0. The standard InChI is InChI=1S/C14H26N2O3/c1-4-7-16(8-5-2)14(18)12-10-11(12)13(17)15-6-9-19-3/h11-12H,4-10H2,1-3H3,(H,15,17). The lowest BCUT2D eigenvalue weighted by molar-refractivity contribution is -0.134. The summed E-state index contributed by atoms with van der Waals surface area (Å²) in [5.41, 5.74) is 0. The van der Waals surface area contributed by atoms with Crippen molar-refractivity contribution in [2.45, 2.75) is 33.1 Å². The number of amides is 2. The molecule has 2 atom stereocenters. The van der Waals surface area contributed by atoms with E-state index < -0.39 is 0 Å². The first kappa shape index (κ1) is 16.0. The Hall–Kier alpha value is -1.10. The molecule has 1 fully saturated rings. The van der Waals surface area contributed by atoms with Crippen molar-refractivity contribution in [2.24, 2.45) is 11.8 Å². The van der Waals surface area contributed by atoms with Gasteiger partial charge in [0.15, 0.2) is 0 Å². The van der Waals surface area contributed by atoms with Crippen LogP contribution in [0.25, 0.3) is 0 Å². The molecular weight excluding hydrogens is 244 g/mol. The van der Waals surface area contributed by atoms with Gasteiger partial charge in [-0.25, -0.2) is 0 Å². The number of methoxy groups -OCH3 is 1. The summed E-state index contributed by atoms with van der Waals surface area (Å²) in [5.74, 6) is -0.0832. The lowest BCUT2D eigenvalue weighted by atomic mass is 10.2. The maximum absolute atomic E-state index is 12.3. The van der Waals surface area contributed by atoms with E-state index in [1.54, 1.807) is 7.11 Å². The number of nitrogens with zero attached hydrogens (tertiary/aromatic N) is 1. The van der Waals surface area contributed by atoms with E-state index in [4.69, 9.17) is 4.74 Å². The SMILES string of the molecule is CCCN(CCC)C(=O)C1CC1C(=O)NCCOC. The van der Waals surface area contributed by atoms with Crippen LogP contribution in [0, 0.1) is 11.8 Å². The molecule has 1 aliphatic rings. The third kappa shape index (κ3) is 4.82. The fourth-order valence-corrected chi connectivity index (χ4v) is 2.27. The van der Waals surface area contributed by atoms with E-state index in [0.717, 1.165) is 25.9 Å². The number of carbonyl (C=O) groups is 2. The number of ether oxygens (including phenoxy) is 1. The maximum atomic E-state index is 12.3. The van der Waals surface area contributed by atoms with Crippen molar-refractivity contribution in [1.82, 2.24) is 10.2 Å². The summed E-state index contributed by atoms with van der Waals surface area (Å²) in [4.78, 5) is 25.9. The molecule has 110 valence electrons. The van der Waals surface area contributed by atoms with Gasteiger partial charge in [0.05, 0.1) is 18.4 Å². The summed E-state index contributed by atoms with van der Waals surface area (Å²) < 4.78 is 4.88. The summed E-state index contributed by atoms with van der Waals surface area (Å²) in [5, 5.41) is 2.80. The van der Waals surface area contributed by atoms with Crippen molar-refractivity contribution in [3.05, 3.63) is 0 Å². The predicted molar refractivity (Wildman–Crippen MR) is 73.6 cm³/mol. The largest absolute Gasteiger partial charge is 0.383 e. The van der Waals surface area contributed by atoms with Crippen molar-refractivity contribution in [1.29, 1.82) is 0 Å². The quantitative estimate of drug-likeness (QED) is 0.637. The van der Waals surface area contributed by atoms with Crippen LogP contribution in [0.3, 0.4) is 0 Å². The van der Waals surface area contributed by atoms with Crippen LogP contribution < -0.4 is 5.32 Å². The van der Waals surface area contributed by atoms with Crippen LogP contribution in [0.4, 0.5) is 0 Å². The van der Waals surface area contributed by atoms with Crippen LogP contribution in [0.15, 0.2) is 0 Å². The molecule has 0 radical (unpaired) electrons. The summed E-state index contributed by atoms with van der Waals surface area (Å²) in [7, 11) is 1.60. The zero-order valence-electron chi connectivity index (χ0n) is 12.3. The zero-order valence-corrected chi connectivity index (χ0v) is 12.3. The molecule has 1 saturated carbocycles. The van der Waals surface area contributed by atoms with E-state index in [1.165, 1.54) is 0 Å². The van der Waals surface area contributed by atoms with Crippen LogP contribution >= 0.6 is 0 Å². The Balaban J connectivity index is 2.37. The van der Waals surface area contributed by atoms with Gasteiger partial charge < -0.3 is 15.0 Å². The Morgan fingerprint density at radius 1 is 1.21 bits per heavy atom. The lowest BCUT2D eigenvalue weighted by Gasteiger charge is -2.21. The van der Waals surface area contributed by atoms with Crippen molar-refractivity contribution >= 4 is 11.8 Å². The van der Waals surface area contributed by atoms with E-state index in [2.05, 4.69) is 19.2 Å². The van der Waals surface area contributed by atoms with E-state index in [-0.39, 0.29) is 23.7 Å². The summed E-state index contributed by atoms with van der Waals surface area (Å²) in [6, 6.07) is 0. The molecule has 5 nitrogen and oxygen atoms in total. The Labute approximate surface area is 115 Å². The highest BCUT2D eigenvalue weighted by Gasteiger charge is 2.49. The molecule has 0 aromatic carbocycles. The van der Waals surface area contributed by atoms with Crippen molar-refractivity contribution in [3.63, 3.8) is 0 Å². The highest BCUT2D eigenvalue weighted by Crippen LogP contribution is 2.40. The van der Waals surface area contributed by atoms with Gasteiger partial charge in [-0.2, -0.15) is 0 Å². The first-order valence-electron chi connectivity index (χ1n) is 7.21. The smallest absolute Gasteiger partial charge is 0.226 e. The highest BCUT2D eigenvalue weighted by molar-refractivity contribution is 5.92. The maximum Gasteiger partial charge on any atom is 0.226 e. The van der Waals surface area contributed by atoms with Gasteiger partial charge in [0.25, 0.3) is 0 Å². The van der Waals surface area contributed by atoms with Gasteiger partial charge in [-0.15, -0.1) is 0 Å². The van der Waals surface area contributed by atoms with E-state index in [9.17, 15) is 9.59 Å². The van der Waals surface area contributed by atoms with Gasteiger partial charge in [0.1, 0.15) is 0 Å². The van der Waals surface area contributed by atoms with Crippen LogP contribution in [0.5, 0.6) is 0 Å². The van der Waals surface area contributed by atoms with Crippen molar-refractivity contribution in [3.8, 4) is 0 Å². The molecule has 0 aromatic heterocycles. The molecule has 1 N–H and O–H groups in total. The minimum absolute atomic E-state index is 0.0108. The fraction of sp³-hybridized carbons (Fsp3) is 0.857. The highest BCUT2D eigenvalue weighted by atomic mass is 16.5. The number of carbonyl (C=O) groups excluding carboxylic acids is 2. The van der Waals surface area contributed by atoms with Gasteiger partial charge in [0, 0.05) is 26.7 Å².